The smallest absolute Gasteiger partial charge is 0.120 e. The van der Waals surface area contributed by atoms with Crippen LogP contribution in [0.1, 0.15) is 12.5 Å². The van der Waals surface area contributed by atoms with E-state index in [9.17, 15) is 4.39 Å². The Bertz CT molecular complexity index is 815. The number of aromatic nitrogens is 1. The van der Waals surface area contributed by atoms with E-state index in [1.165, 1.54) is 16.3 Å². The number of rotatable bonds is 10. The summed E-state index contributed by atoms with van der Waals surface area (Å²) in [6, 6.07) is 12.6. The van der Waals surface area contributed by atoms with Gasteiger partial charge in [0, 0.05) is 21.8 Å². The molecule has 0 aliphatic heterocycles. The first kappa shape index (κ1) is 17.7. The fourth-order valence-electron chi connectivity index (χ4n) is 2.83. The number of nitrogens with one attached hydrogen (secondary N) is 1. The van der Waals surface area contributed by atoms with Crippen molar-refractivity contribution < 1.29 is 18.6 Å². The van der Waals surface area contributed by atoms with Crippen molar-refractivity contribution in [1.82, 2.24) is 4.98 Å². The highest BCUT2D eigenvalue weighted by atomic mass is 19.1. The molecule has 3 rings (SSSR count). The fraction of sp³-hybridized carbons (Fsp3) is 0.400. The van der Waals surface area contributed by atoms with E-state index < -0.39 is 6.67 Å². The zero-order valence-electron chi connectivity index (χ0n) is 14.5. The highest BCUT2D eigenvalue weighted by Crippen LogP contribution is 2.29. The van der Waals surface area contributed by atoms with Crippen molar-refractivity contribution >= 4 is 21.8 Å². The zero-order chi connectivity index (χ0) is 17.5. The van der Waals surface area contributed by atoms with E-state index in [2.05, 4.69) is 36.2 Å². The molecule has 0 atom stereocenters. The number of benzene rings is 2. The Morgan fingerprint density at radius 3 is 2.28 bits per heavy atom. The van der Waals surface area contributed by atoms with E-state index in [0.29, 0.717) is 26.4 Å². The number of aromatic amines is 1. The Labute approximate surface area is 146 Å². The number of hydrogen-bond donors (Lipinski definition) is 1. The molecule has 0 aliphatic carbocycles. The lowest BCUT2D eigenvalue weighted by atomic mass is 10.1. The first-order valence-corrected chi connectivity index (χ1v) is 8.70. The number of hydrogen-bond acceptors (Lipinski definition) is 3. The van der Waals surface area contributed by atoms with Crippen LogP contribution in [-0.2, 0) is 15.9 Å². The highest BCUT2D eigenvalue weighted by Gasteiger charge is 2.06. The maximum atomic E-state index is 11.9. The molecular formula is C20H24FNO3. The lowest BCUT2D eigenvalue weighted by Gasteiger charge is -2.07. The van der Waals surface area contributed by atoms with Crippen molar-refractivity contribution in [3.05, 3.63) is 42.0 Å². The molecule has 0 fully saturated rings. The summed E-state index contributed by atoms with van der Waals surface area (Å²) in [6.07, 6.45) is 1.02. The minimum absolute atomic E-state index is 0.129. The van der Waals surface area contributed by atoms with E-state index in [4.69, 9.17) is 14.2 Å². The van der Waals surface area contributed by atoms with Crippen LogP contribution in [0.2, 0.25) is 0 Å². The van der Waals surface area contributed by atoms with Crippen molar-refractivity contribution in [1.29, 1.82) is 0 Å². The van der Waals surface area contributed by atoms with Crippen molar-refractivity contribution in [2.45, 2.75) is 13.3 Å². The Morgan fingerprint density at radius 2 is 1.52 bits per heavy atom. The standard InChI is InChI=1S/C20H24FNO3/c1-2-15-3-5-19-17(13-15)18-14-16(4-6-20(18)22-19)25-12-11-24-10-9-23-8-7-21/h3-6,13-14,22H,2,7-12H2,1H3. The van der Waals surface area contributed by atoms with Gasteiger partial charge in [-0.05, 0) is 42.3 Å². The second-order valence-corrected chi connectivity index (χ2v) is 5.83. The summed E-state index contributed by atoms with van der Waals surface area (Å²) in [6.45, 7) is 3.63. The number of fused-ring (bicyclic) bond motifs is 3. The van der Waals surface area contributed by atoms with Gasteiger partial charge in [-0.2, -0.15) is 0 Å². The van der Waals surface area contributed by atoms with Gasteiger partial charge < -0.3 is 19.2 Å². The van der Waals surface area contributed by atoms with Crippen LogP contribution < -0.4 is 4.74 Å². The lowest BCUT2D eigenvalue weighted by molar-refractivity contribution is 0.0325. The van der Waals surface area contributed by atoms with E-state index in [0.717, 1.165) is 23.2 Å². The minimum Gasteiger partial charge on any atom is -0.491 e. The monoisotopic (exact) mass is 345 g/mol. The molecule has 0 unspecified atom stereocenters. The minimum atomic E-state index is -0.459. The molecular weight excluding hydrogens is 321 g/mol. The van der Waals surface area contributed by atoms with Gasteiger partial charge in [-0.25, -0.2) is 4.39 Å². The SMILES string of the molecule is CCc1ccc2[nH]c3ccc(OCCOCCOCCF)cc3c2c1. The predicted molar refractivity (Wildman–Crippen MR) is 98.3 cm³/mol. The van der Waals surface area contributed by atoms with Gasteiger partial charge in [-0.1, -0.05) is 13.0 Å². The summed E-state index contributed by atoms with van der Waals surface area (Å²) in [5, 5.41) is 2.39. The second-order valence-electron chi connectivity index (χ2n) is 5.83. The zero-order valence-corrected chi connectivity index (χ0v) is 14.5. The normalized spacial score (nSPS) is 11.4. The van der Waals surface area contributed by atoms with E-state index in [-0.39, 0.29) is 6.61 Å². The Hall–Kier alpha value is -2.11. The Balaban J connectivity index is 1.58. The van der Waals surface area contributed by atoms with Crippen LogP contribution in [0.15, 0.2) is 36.4 Å². The van der Waals surface area contributed by atoms with Gasteiger partial charge in [-0.15, -0.1) is 0 Å². The molecule has 0 saturated heterocycles. The molecule has 1 heterocycles. The molecule has 25 heavy (non-hydrogen) atoms. The summed E-state index contributed by atoms with van der Waals surface area (Å²) in [5.74, 6) is 0.826. The average molecular weight is 345 g/mol. The molecule has 5 heteroatoms. The molecule has 1 aromatic heterocycles. The van der Waals surface area contributed by atoms with Gasteiger partial charge in [0.1, 0.15) is 19.0 Å². The molecule has 0 amide bonds. The fourth-order valence-corrected chi connectivity index (χ4v) is 2.83. The summed E-state index contributed by atoms with van der Waals surface area (Å²) in [4.78, 5) is 3.44. The Kier molecular flexibility index (Phi) is 6.25. The van der Waals surface area contributed by atoms with Gasteiger partial charge in [0.2, 0.25) is 0 Å². The first-order valence-electron chi connectivity index (χ1n) is 8.70. The van der Waals surface area contributed by atoms with Crippen molar-refractivity contribution in [2.75, 3.05) is 39.7 Å². The number of halogens is 1. The Morgan fingerprint density at radius 1 is 0.840 bits per heavy atom. The van der Waals surface area contributed by atoms with E-state index >= 15 is 0 Å². The maximum absolute atomic E-state index is 11.9. The van der Waals surface area contributed by atoms with E-state index in [1.807, 2.05) is 12.1 Å². The van der Waals surface area contributed by atoms with Crippen LogP contribution in [0.3, 0.4) is 0 Å². The number of alkyl halides is 1. The van der Waals surface area contributed by atoms with Crippen LogP contribution in [0.5, 0.6) is 5.75 Å². The van der Waals surface area contributed by atoms with Crippen molar-refractivity contribution in [2.24, 2.45) is 0 Å². The van der Waals surface area contributed by atoms with Crippen molar-refractivity contribution in [3.63, 3.8) is 0 Å². The van der Waals surface area contributed by atoms with Gasteiger partial charge in [0.15, 0.2) is 0 Å². The molecule has 0 saturated carbocycles. The third-order valence-corrected chi connectivity index (χ3v) is 4.13. The molecule has 2 aromatic carbocycles. The maximum Gasteiger partial charge on any atom is 0.120 e. The molecule has 0 spiro atoms. The molecule has 0 aliphatic rings. The molecule has 134 valence electrons. The van der Waals surface area contributed by atoms with Crippen LogP contribution in [0, 0.1) is 0 Å². The third kappa shape index (κ3) is 4.50. The van der Waals surface area contributed by atoms with Gasteiger partial charge in [0.25, 0.3) is 0 Å². The summed E-state index contributed by atoms with van der Waals surface area (Å²) >= 11 is 0. The average Bonchev–Trinajstić information content (AvgIpc) is 3.01. The molecule has 0 bridgehead atoms. The van der Waals surface area contributed by atoms with Gasteiger partial charge in [0.05, 0.1) is 26.4 Å². The van der Waals surface area contributed by atoms with E-state index in [1.54, 1.807) is 0 Å². The molecule has 1 N–H and O–H groups in total. The van der Waals surface area contributed by atoms with Crippen LogP contribution in [0.25, 0.3) is 21.8 Å². The number of H-pyrrole nitrogens is 1. The highest BCUT2D eigenvalue weighted by molar-refractivity contribution is 6.07. The van der Waals surface area contributed by atoms with Crippen LogP contribution >= 0.6 is 0 Å². The summed E-state index contributed by atoms with van der Waals surface area (Å²) in [5.41, 5.74) is 3.57. The summed E-state index contributed by atoms with van der Waals surface area (Å²) in [7, 11) is 0. The molecule has 3 aromatic rings. The number of ether oxygens (including phenoxy) is 3. The molecule has 0 radical (unpaired) electrons. The van der Waals surface area contributed by atoms with Crippen LogP contribution in [0.4, 0.5) is 4.39 Å². The second kappa shape index (κ2) is 8.83. The summed E-state index contributed by atoms with van der Waals surface area (Å²) < 4.78 is 28.0. The third-order valence-electron chi connectivity index (χ3n) is 4.13. The lowest BCUT2D eigenvalue weighted by Crippen LogP contribution is -2.11. The largest absolute Gasteiger partial charge is 0.491 e. The van der Waals surface area contributed by atoms with Gasteiger partial charge in [-0.3, -0.25) is 0 Å². The van der Waals surface area contributed by atoms with Crippen molar-refractivity contribution in [3.8, 4) is 5.75 Å². The van der Waals surface area contributed by atoms with Crippen LogP contribution in [-0.4, -0.2) is 44.7 Å². The quantitative estimate of drug-likeness (QED) is 0.558. The topological polar surface area (TPSA) is 43.5 Å². The predicted octanol–water partition coefficient (Wildman–Crippen LogP) is 4.27. The number of aryl methyl sites for hydroxylation is 1. The molecule has 4 nitrogen and oxygen atoms in total. The van der Waals surface area contributed by atoms with Gasteiger partial charge >= 0.3 is 0 Å². The first-order chi connectivity index (χ1) is 12.3.